The van der Waals surface area contributed by atoms with Crippen LogP contribution in [0.3, 0.4) is 0 Å². The van der Waals surface area contributed by atoms with Crippen LogP contribution >= 0.6 is 7.75 Å². The van der Waals surface area contributed by atoms with Gasteiger partial charge in [0.05, 0.1) is 6.61 Å². The minimum absolute atomic E-state index is 0.239. The second kappa shape index (κ2) is 7.25. The van der Waals surface area contributed by atoms with Crippen LogP contribution in [0.1, 0.15) is 12.0 Å². The molecule has 2 aromatic carbocycles. The Morgan fingerprint density at radius 3 is 2.25 bits per heavy atom. The second-order valence-electron chi connectivity index (χ2n) is 4.42. The van der Waals surface area contributed by atoms with E-state index in [1.807, 2.05) is 36.4 Å². The molecule has 20 heavy (non-hydrogen) atoms. The molecule has 1 unspecified atom stereocenters. The molecule has 1 atom stereocenters. The number of hydrogen-bond acceptors (Lipinski definition) is 2. The van der Waals surface area contributed by atoms with Crippen molar-refractivity contribution < 1.29 is 14.0 Å². The van der Waals surface area contributed by atoms with Crippen molar-refractivity contribution in [2.24, 2.45) is 0 Å². The first-order valence-corrected chi connectivity index (χ1v) is 8.08. The lowest BCUT2D eigenvalue weighted by atomic mass is 10.1. The standard InChI is InChI=1S/C15H18NO3P/c17-20(18,16-15-11-5-2-6-12-15)19-13-7-10-14-8-3-1-4-9-14/h1-6,8-9,11-12H,7,10,13H2,(H2,16,17,18). The third kappa shape index (κ3) is 5.17. The van der Waals surface area contributed by atoms with Crippen LogP contribution < -0.4 is 5.09 Å². The highest BCUT2D eigenvalue weighted by Crippen LogP contribution is 2.41. The summed E-state index contributed by atoms with van der Waals surface area (Å²) in [4.78, 5) is 9.69. The van der Waals surface area contributed by atoms with Gasteiger partial charge in [0, 0.05) is 5.69 Å². The molecule has 0 amide bonds. The maximum absolute atomic E-state index is 11.8. The van der Waals surface area contributed by atoms with E-state index in [-0.39, 0.29) is 6.61 Å². The molecule has 2 N–H and O–H groups in total. The van der Waals surface area contributed by atoms with Crippen LogP contribution in [-0.4, -0.2) is 11.5 Å². The Balaban J connectivity index is 1.74. The quantitative estimate of drug-likeness (QED) is 0.601. The predicted octanol–water partition coefficient (Wildman–Crippen LogP) is 3.85. The van der Waals surface area contributed by atoms with Gasteiger partial charge in [0.1, 0.15) is 0 Å². The summed E-state index contributed by atoms with van der Waals surface area (Å²) < 4.78 is 16.9. The van der Waals surface area contributed by atoms with E-state index in [0.717, 1.165) is 6.42 Å². The summed E-state index contributed by atoms with van der Waals surface area (Å²) in [6, 6.07) is 18.8. The van der Waals surface area contributed by atoms with E-state index >= 15 is 0 Å². The molecular weight excluding hydrogens is 273 g/mol. The van der Waals surface area contributed by atoms with Gasteiger partial charge in [0.25, 0.3) is 0 Å². The Hall–Kier alpha value is -1.61. The van der Waals surface area contributed by atoms with Gasteiger partial charge in [-0.2, -0.15) is 0 Å². The van der Waals surface area contributed by atoms with E-state index in [4.69, 9.17) is 4.52 Å². The Morgan fingerprint density at radius 2 is 1.60 bits per heavy atom. The summed E-state index contributed by atoms with van der Waals surface area (Å²) in [5, 5.41) is 2.51. The fraction of sp³-hybridized carbons (Fsp3) is 0.200. The van der Waals surface area contributed by atoms with E-state index in [1.54, 1.807) is 24.3 Å². The van der Waals surface area contributed by atoms with Crippen molar-refractivity contribution in [3.05, 3.63) is 66.2 Å². The van der Waals surface area contributed by atoms with Gasteiger partial charge in [-0.25, -0.2) is 4.57 Å². The Bertz CT molecular complexity index is 560. The number of hydrogen-bond donors (Lipinski definition) is 2. The number of para-hydroxylation sites is 1. The molecular formula is C15H18NO3P. The number of benzene rings is 2. The first-order valence-electron chi connectivity index (χ1n) is 6.50. The summed E-state index contributed by atoms with van der Waals surface area (Å²) >= 11 is 0. The average molecular weight is 291 g/mol. The lowest BCUT2D eigenvalue weighted by Crippen LogP contribution is -2.02. The number of nitrogens with one attached hydrogen (secondary N) is 1. The second-order valence-corrected chi connectivity index (χ2v) is 5.94. The van der Waals surface area contributed by atoms with Crippen molar-refractivity contribution in [1.82, 2.24) is 0 Å². The normalized spacial score (nSPS) is 13.7. The Kier molecular flexibility index (Phi) is 5.36. The van der Waals surface area contributed by atoms with Gasteiger partial charge in [-0.1, -0.05) is 48.5 Å². The highest BCUT2D eigenvalue weighted by Gasteiger charge is 2.18. The van der Waals surface area contributed by atoms with Crippen LogP contribution in [0.4, 0.5) is 5.69 Å². The number of aryl methyl sites for hydroxylation is 1. The molecule has 0 spiro atoms. The molecule has 0 saturated heterocycles. The van der Waals surface area contributed by atoms with Crippen LogP contribution in [0.15, 0.2) is 60.7 Å². The topological polar surface area (TPSA) is 58.6 Å². The van der Waals surface area contributed by atoms with Crippen LogP contribution in [-0.2, 0) is 15.5 Å². The molecule has 0 bridgehead atoms. The lowest BCUT2D eigenvalue weighted by molar-refractivity contribution is 0.261. The van der Waals surface area contributed by atoms with E-state index in [0.29, 0.717) is 12.1 Å². The van der Waals surface area contributed by atoms with E-state index in [9.17, 15) is 9.46 Å². The molecule has 0 fully saturated rings. The van der Waals surface area contributed by atoms with Gasteiger partial charge in [-0.15, -0.1) is 0 Å². The van der Waals surface area contributed by atoms with Gasteiger partial charge in [0.15, 0.2) is 0 Å². The summed E-state index contributed by atoms with van der Waals surface area (Å²) in [7, 11) is -3.79. The molecule has 2 rings (SSSR count). The van der Waals surface area contributed by atoms with Gasteiger partial charge >= 0.3 is 7.75 Å². The van der Waals surface area contributed by atoms with E-state index < -0.39 is 7.75 Å². The Morgan fingerprint density at radius 1 is 1.00 bits per heavy atom. The van der Waals surface area contributed by atoms with Crippen molar-refractivity contribution in [2.45, 2.75) is 12.8 Å². The van der Waals surface area contributed by atoms with E-state index in [1.165, 1.54) is 5.56 Å². The van der Waals surface area contributed by atoms with Gasteiger partial charge in [-0.3, -0.25) is 9.61 Å². The lowest BCUT2D eigenvalue weighted by Gasteiger charge is -2.14. The van der Waals surface area contributed by atoms with Crippen molar-refractivity contribution in [2.75, 3.05) is 11.7 Å². The summed E-state index contributed by atoms with van der Waals surface area (Å²) in [5.74, 6) is 0. The molecule has 0 aliphatic rings. The molecule has 2 aromatic rings. The minimum atomic E-state index is -3.79. The summed E-state index contributed by atoms with van der Waals surface area (Å²) in [6.45, 7) is 0.239. The predicted molar refractivity (Wildman–Crippen MR) is 80.6 cm³/mol. The average Bonchev–Trinajstić information content (AvgIpc) is 2.45. The number of anilines is 1. The van der Waals surface area contributed by atoms with Crippen LogP contribution in [0.25, 0.3) is 0 Å². The van der Waals surface area contributed by atoms with Crippen molar-refractivity contribution in [3.8, 4) is 0 Å². The zero-order valence-corrected chi connectivity index (χ0v) is 12.0. The first kappa shape index (κ1) is 14.8. The third-order valence-electron chi connectivity index (χ3n) is 2.76. The van der Waals surface area contributed by atoms with Gasteiger partial charge in [-0.05, 0) is 30.5 Å². The third-order valence-corrected chi connectivity index (χ3v) is 3.84. The molecule has 106 valence electrons. The summed E-state index contributed by atoms with van der Waals surface area (Å²) in [6.07, 6.45) is 1.53. The highest BCUT2D eigenvalue weighted by atomic mass is 31.2. The monoisotopic (exact) mass is 291 g/mol. The first-order chi connectivity index (χ1) is 9.66. The van der Waals surface area contributed by atoms with Crippen LogP contribution in [0.2, 0.25) is 0 Å². The largest absolute Gasteiger partial charge is 0.430 e. The molecule has 0 saturated carbocycles. The molecule has 5 heteroatoms. The van der Waals surface area contributed by atoms with Crippen LogP contribution in [0, 0.1) is 0 Å². The number of rotatable bonds is 7. The fourth-order valence-electron chi connectivity index (χ4n) is 1.82. The van der Waals surface area contributed by atoms with E-state index in [2.05, 4.69) is 5.09 Å². The molecule has 0 aliphatic heterocycles. The van der Waals surface area contributed by atoms with Crippen molar-refractivity contribution in [1.29, 1.82) is 0 Å². The maximum atomic E-state index is 11.8. The fourth-order valence-corrected chi connectivity index (χ4v) is 2.73. The van der Waals surface area contributed by atoms with Crippen LogP contribution in [0.5, 0.6) is 0 Å². The minimum Gasteiger partial charge on any atom is -0.308 e. The van der Waals surface area contributed by atoms with Gasteiger partial charge < -0.3 is 4.89 Å². The summed E-state index contributed by atoms with van der Waals surface area (Å²) in [5.41, 5.74) is 1.77. The van der Waals surface area contributed by atoms with Gasteiger partial charge in [0.2, 0.25) is 0 Å². The Labute approximate surface area is 119 Å². The zero-order chi connectivity index (χ0) is 14.3. The van der Waals surface area contributed by atoms with Crippen molar-refractivity contribution in [3.63, 3.8) is 0 Å². The zero-order valence-electron chi connectivity index (χ0n) is 11.1. The molecule has 0 aromatic heterocycles. The smallest absolute Gasteiger partial charge is 0.308 e. The molecule has 0 radical (unpaired) electrons. The molecule has 4 nitrogen and oxygen atoms in total. The van der Waals surface area contributed by atoms with Crippen molar-refractivity contribution >= 4 is 13.4 Å². The maximum Gasteiger partial charge on any atom is 0.430 e. The SMILES string of the molecule is O=P(O)(Nc1ccccc1)OCCCc1ccccc1. The molecule has 0 heterocycles. The highest BCUT2D eigenvalue weighted by molar-refractivity contribution is 7.54. The molecule has 0 aliphatic carbocycles.